The summed E-state index contributed by atoms with van der Waals surface area (Å²) in [6.45, 7) is 2.33. The Hall–Kier alpha value is -2.27. The molecule has 0 radical (unpaired) electrons. The van der Waals surface area contributed by atoms with E-state index in [-0.39, 0.29) is 0 Å². The summed E-state index contributed by atoms with van der Waals surface area (Å²) in [5.41, 5.74) is 3.47. The lowest BCUT2D eigenvalue weighted by Crippen LogP contribution is -2.08. The molecule has 1 unspecified atom stereocenters. The molecule has 4 aromatic rings. The maximum atomic E-state index is 4.70. The van der Waals surface area contributed by atoms with E-state index >= 15 is 0 Å². The van der Waals surface area contributed by atoms with Crippen LogP contribution < -0.4 is 0 Å². The van der Waals surface area contributed by atoms with E-state index in [9.17, 15) is 0 Å². The van der Waals surface area contributed by atoms with E-state index in [0.29, 0.717) is 0 Å². The number of aryl methyl sites for hydroxylation is 1. The smallest absolute Gasteiger partial charge is 0.172 e. The Morgan fingerprint density at radius 1 is 1.17 bits per heavy atom. The molecule has 1 atom stereocenters. The molecule has 0 bridgehead atoms. The van der Waals surface area contributed by atoms with Crippen molar-refractivity contribution in [1.82, 2.24) is 19.6 Å². The molecule has 1 aromatic carbocycles. The quantitative estimate of drug-likeness (QED) is 0.529. The van der Waals surface area contributed by atoms with Gasteiger partial charge in [0.15, 0.2) is 11.5 Å². The van der Waals surface area contributed by atoms with E-state index in [1.54, 1.807) is 0 Å². The van der Waals surface area contributed by atoms with Gasteiger partial charge in [-0.25, -0.2) is 4.98 Å². The summed E-state index contributed by atoms with van der Waals surface area (Å²) in [5, 5.41) is 10.2. The van der Waals surface area contributed by atoms with E-state index in [1.807, 2.05) is 40.3 Å². The van der Waals surface area contributed by atoms with Gasteiger partial charge in [0, 0.05) is 10.4 Å². The monoisotopic (exact) mass is 320 g/mol. The molecule has 0 spiro atoms. The van der Waals surface area contributed by atoms with Gasteiger partial charge < -0.3 is 0 Å². The molecule has 114 valence electrons. The largest absolute Gasteiger partial charge is 0.265 e. The minimum absolute atomic E-state index is 0.768. The third-order valence-corrected chi connectivity index (χ3v) is 5.90. The van der Waals surface area contributed by atoms with Crippen molar-refractivity contribution in [3.05, 3.63) is 47.1 Å². The first-order valence-electron chi connectivity index (χ1n) is 8.00. The number of rotatable bonds is 1. The minimum Gasteiger partial charge on any atom is -0.265 e. The molecule has 4 nitrogen and oxygen atoms in total. The summed E-state index contributed by atoms with van der Waals surface area (Å²) in [5.74, 6) is 1.63. The topological polar surface area (TPSA) is 43.1 Å². The molecule has 0 N–H and O–H groups in total. The Kier molecular flexibility index (Phi) is 2.79. The zero-order chi connectivity index (χ0) is 15.4. The Labute approximate surface area is 137 Å². The summed E-state index contributed by atoms with van der Waals surface area (Å²) in [6, 6.07) is 10.2. The van der Waals surface area contributed by atoms with Crippen molar-refractivity contribution in [1.29, 1.82) is 0 Å². The molecule has 5 rings (SSSR count). The van der Waals surface area contributed by atoms with Gasteiger partial charge in [0.2, 0.25) is 0 Å². The number of fused-ring (bicyclic) bond motifs is 5. The molecule has 0 saturated heterocycles. The highest BCUT2D eigenvalue weighted by atomic mass is 32.1. The van der Waals surface area contributed by atoms with Gasteiger partial charge in [0.25, 0.3) is 0 Å². The molecule has 23 heavy (non-hydrogen) atoms. The highest BCUT2D eigenvalue weighted by Crippen LogP contribution is 2.39. The van der Waals surface area contributed by atoms with Crippen LogP contribution in [0.25, 0.3) is 27.3 Å². The fourth-order valence-corrected chi connectivity index (χ4v) is 4.87. The van der Waals surface area contributed by atoms with E-state index in [0.717, 1.165) is 34.2 Å². The zero-order valence-corrected chi connectivity index (χ0v) is 13.7. The van der Waals surface area contributed by atoms with Crippen molar-refractivity contribution in [3.8, 4) is 11.4 Å². The fraction of sp³-hybridized carbons (Fsp3) is 0.278. The van der Waals surface area contributed by atoms with Crippen LogP contribution in [-0.2, 0) is 12.8 Å². The standard InChI is InChI=1S/C18H16N4S/c1-11-7-8-13-14(9-11)23-18-15(13)17-21-20-16(22(17)10-19-18)12-5-3-2-4-6-12/h2-6,10-11H,7-9H2,1H3. The molecular weight excluding hydrogens is 304 g/mol. The second-order valence-corrected chi connectivity index (χ2v) is 7.44. The second-order valence-electron chi connectivity index (χ2n) is 6.36. The number of nitrogens with zero attached hydrogens (tertiary/aromatic N) is 4. The summed E-state index contributed by atoms with van der Waals surface area (Å²) in [7, 11) is 0. The molecule has 0 aliphatic heterocycles. The Bertz CT molecular complexity index is 1020. The summed E-state index contributed by atoms with van der Waals surface area (Å²) in [4.78, 5) is 7.29. The highest BCUT2D eigenvalue weighted by molar-refractivity contribution is 7.19. The van der Waals surface area contributed by atoms with Gasteiger partial charge >= 0.3 is 0 Å². The van der Waals surface area contributed by atoms with Crippen LogP contribution in [0.4, 0.5) is 0 Å². The van der Waals surface area contributed by atoms with Gasteiger partial charge in [-0.1, -0.05) is 37.3 Å². The molecule has 0 fully saturated rings. The van der Waals surface area contributed by atoms with Gasteiger partial charge in [0.05, 0.1) is 5.39 Å². The van der Waals surface area contributed by atoms with E-state index in [2.05, 4.69) is 29.3 Å². The lowest BCUT2D eigenvalue weighted by Gasteiger charge is -2.17. The van der Waals surface area contributed by atoms with Crippen LogP contribution in [-0.4, -0.2) is 19.6 Å². The van der Waals surface area contributed by atoms with E-state index in [4.69, 9.17) is 4.98 Å². The van der Waals surface area contributed by atoms with Crippen molar-refractivity contribution in [2.75, 3.05) is 0 Å². The minimum atomic E-state index is 0.768. The van der Waals surface area contributed by atoms with Crippen LogP contribution in [0.15, 0.2) is 36.7 Å². The summed E-state index contributed by atoms with van der Waals surface area (Å²) >= 11 is 1.83. The van der Waals surface area contributed by atoms with Crippen LogP contribution in [0.1, 0.15) is 23.8 Å². The Balaban J connectivity index is 1.80. The Morgan fingerprint density at radius 2 is 2.04 bits per heavy atom. The van der Waals surface area contributed by atoms with Crippen LogP contribution in [0.5, 0.6) is 0 Å². The molecule has 0 saturated carbocycles. The molecule has 3 aromatic heterocycles. The van der Waals surface area contributed by atoms with Crippen LogP contribution in [0, 0.1) is 5.92 Å². The summed E-state index contributed by atoms with van der Waals surface area (Å²) in [6.07, 6.45) is 5.42. The van der Waals surface area contributed by atoms with E-state index in [1.165, 1.54) is 28.7 Å². The molecule has 3 heterocycles. The fourth-order valence-electron chi connectivity index (χ4n) is 3.52. The maximum Gasteiger partial charge on any atom is 0.172 e. The molecule has 1 aliphatic rings. The highest BCUT2D eigenvalue weighted by Gasteiger charge is 2.23. The predicted octanol–water partition coefficient (Wildman–Crippen LogP) is 4.13. The maximum absolute atomic E-state index is 4.70. The van der Waals surface area contributed by atoms with Crippen molar-refractivity contribution in [2.24, 2.45) is 5.92 Å². The third kappa shape index (κ3) is 1.93. The van der Waals surface area contributed by atoms with Gasteiger partial charge in [0.1, 0.15) is 11.2 Å². The third-order valence-electron chi connectivity index (χ3n) is 4.73. The van der Waals surface area contributed by atoms with Gasteiger partial charge in [-0.05, 0) is 30.7 Å². The van der Waals surface area contributed by atoms with Crippen LogP contribution in [0.3, 0.4) is 0 Å². The van der Waals surface area contributed by atoms with Crippen LogP contribution in [0.2, 0.25) is 0 Å². The SMILES string of the molecule is CC1CCc2c(sc3ncn4c(-c5ccccc5)nnc4c23)C1. The Morgan fingerprint density at radius 3 is 2.91 bits per heavy atom. The van der Waals surface area contributed by atoms with Crippen molar-refractivity contribution in [2.45, 2.75) is 26.2 Å². The first kappa shape index (κ1) is 13.2. The average Bonchev–Trinajstić information content (AvgIpc) is 3.15. The van der Waals surface area contributed by atoms with Gasteiger partial charge in [-0.15, -0.1) is 21.5 Å². The second kappa shape index (κ2) is 4.86. The normalized spacial score (nSPS) is 17.7. The first-order chi connectivity index (χ1) is 11.3. The van der Waals surface area contributed by atoms with E-state index < -0.39 is 0 Å². The molecule has 0 amide bonds. The first-order valence-corrected chi connectivity index (χ1v) is 8.82. The lowest BCUT2D eigenvalue weighted by atomic mass is 9.89. The number of thiophene rings is 1. The van der Waals surface area contributed by atoms with Crippen molar-refractivity contribution in [3.63, 3.8) is 0 Å². The number of benzene rings is 1. The number of aromatic nitrogens is 4. The van der Waals surface area contributed by atoms with Crippen molar-refractivity contribution >= 4 is 27.2 Å². The molecule has 1 aliphatic carbocycles. The predicted molar refractivity (Wildman–Crippen MR) is 92.8 cm³/mol. The molecular formula is C18H16N4S. The number of hydrogen-bond donors (Lipinski definition) is 0. The average molecular weight is 320 g/mol. The van der Waals surface area contributed by atoms with Crippen LogP contribution >= 0.6 is 11.3 Å². The van der Waals surface area contributed by atoms with Gasteiger partial charge in [-0.2, -0.15) is 0 Å². The van der Waals surface area contributed by atoms with Crippen molar-refractivity contribution < 1.29 is 0 Å². The molecule has 5 heteroatoms. The summed E-state index contributed by atoms with van der Waals surface area (Å²) < 4.78 is 2.03. The zero-order valence-electron chi connectivity index (χ0n) is 12.9. The number of hydrogen-bond acceptors (Lipinski definition) is 4. The lowest BCUT2D eigenvalue weighted by molar-refractivity contribution is 0.509. The van der Waals surface area contributed by atoms with Gasteiger partial charge in [-0.3, -0.25) is 4.40 Å².